The van der Waals surface area contributed by atoms with Crippen LogP contribution in [0.5, 0.6) is 0 Å². The molecular formula is C15H23N3O3. The van der Waals surface area contributed by atoms with Crippen molar-refractivity contribution in [1.82, 2.24) is 14.7 Å². The number of carbonyl (C=O) groups is 2. The monoisotopic (exact) mass is 293 g/mol. The highest BCUT2D eigenvalue weighted by Gasteiger charge is 2.28. The molecule has 6 nitrogen and oxygen atoms in total. The van der Waals surface area contributed by atoms with Gasteiger partial charge in [0.15, 0.2) is 0 Å². The van der Waals surface area contributed by atoms with Crippen molar-refractivity contribution in [3.8, 4) is 0 Å². The quantitative estimate of drug-likeness (QED) is 0.919. The molecule has 1 fully saturated rings. The number of rotatable bonds is 4. The SMILES string of the molecule is CCn1nc(C)c(C(=O)N2CCC(CC(=O)O)CC2)c1C. The van der Waals surface area contributed by atoms with Gasteiger partial charge >= 0.3 is 5.97 Å². The maximum absolute atomic E-state index is 12.7. The molecule has 0 aromatic carbocycles. The summed E-state index contributed by atoms with van der Waals surface area (Å²) in [5.41, 5.74) is 2.38. The van der Waals surface area contributed by atoms with Crippen molar-refractivity contribution in [1.29, 1.82) is 0 Å². The van der Waals surface area contributed by atoms with Crippen LogP contribution in [0, 0.1) is 19.8 Å². The number of nitrogens with zero attached hydrogens (tertiary/aromatic N) is 3. The first kappa shape index (κ1) is 15.5. The molecule has 1 aliphatic heterocycles. The zero-order valence-electron chi connectivity index (χ0n) is 12.9. The highest BCUT2D eigenvalue weighted by atomic mass is 16.4. The van der Waals surface area contributed by atoms with Crippen LogP contribution in [0.2, 0.25) is 0 Å². The fourth-order valence-electron chi connectivity index (χ4n) is 3.06. The van der Waals surface area contributed by atoms with Gasteiger partial charge in [-0.2, -0.15) is 5.10 Å². The second-order valence-electron chi connectivity index (χ2n) is 5.70. The van der Waals surface area contributed by atoms with Crippen LogP contribution in [0.25, 0.3) is 0 Å². The number of piperidine rings is 1. The lowest BCUT2D eigenvalue weighted by Crippen LogP contribution is -2.39. The largest absolute Gasteiger partial charge is 0.481 e. The summed E-state index contributed by atoms with van der Waals surface area (Å²) in [6, 6.07) is 0. The van der Waals surface area contributed by atoms with Crippen molar-refractivity contribution in [3.05, 3.63) is 17.0 Å². The topological polar surface area (TPSA) is 75.4 Å². The van der Waals surface area contributed by atoms with Crippen LogP contribution in [0.15, 0.2) is 0 Å². The summed E-state index contributed by atoms with van der Waals surface area (Å²) in [7, 11) is 0. The Bertz CT molecular complexity index is 543. The molecule has 1 saturated heterocycles. The predicted molar refractivity (Wildman–Crippen MR) is 78.3 cm³/mol. The van der Waals surface area contributed by atoms with Crippen molar-refractivity contribution in [2.75, 3.05) is 13.1 Å². The summed E-state index contributed by atoms with van der Waals surface area (Å²) in [6.07, 6.45) is 1.73. The molecule has 0 bridgehead atoms. The van der Waals surface area contributed by atoms with E-state index in [1.54, 1.807) is 0 Å². The van der Waals surface area contributed by atoms with Gasteiger partial charge in [0.1, 0.15) is 0 Å². The molecule has 21 heavy (non-hydrogen) atoms. The Morgan fingerprint density at radius 3 is 2.38 bits per heavy atom. The number of aromatic nitrogens is 2. The van der Waals surface area contributed by atoms with E-state index in [9.17, 15) is 9.59 Å². The van der Waals surface area contributed by atoms with Crippen molar-refractivity contribution in [2.45, 2.75) is 46.6 Å². The molecule has 6 heteroatoms. The van der Waals surface area contributed by atoms with E-state index < -0.39 is 5.97 Å². The molecule has 0 spiro atoms. The lowest BCUT2D eigenvalue weighted by Gasteiger charge is -2.31. The lowest BCUT2D eigenvalue weighted by atomic mass is 9.93. The fraction of sp³-hybridized carbons (Fsp3) is 0.667. The zero-order valence-corrected chi connectivity index (χ0v) is 12.9. The van der Waals surface area contributed by atoms with E-state index in [1.165, 1.54) is 0 Å². The Morgan fingerprint density at radius 2 is 1.90 bits per heavy atom. The van der Waals surface area contributed by atoms with E-state index in [-0.39, 0.29) is 18.2 Å². The standard InChI is InChI=1S/C15H23N3O3/c1-4-18-11(3)14(10(2)16-18)15(21)17-7-5-12(6-8-17)9-13(19)20/h12H,4-9H2,1-3H3,(H,19,20). The molecule has 0 saturated carbocycles. The van der Waals surface area contributed by atoms with Crippen LogP contribution < -0.4 is 0 Å². The smallest absolute Gasteiger partial charge is 0.303 e. The molecule has 2 rings (SSSR count). The van der Waals surface area contributed by atoms with Gasteiger partial charge in [-0.05, 0) is 39.5 Å². The summed E-state index contributed by atoms with van der Waals surface area (Å²) in [5, 5.41) is 13.2. The van der Waals surface area contributed by atoms with Crippen molar-refractivity contribution in [3.63, 3.8) is 0 Å². The summed E-state index contributed by atoms with van der Waals surface area (Å²) in [4.78, 5) is 25.2. The zero-order chi connectivity index (χ0) is 15.6. The Morgan fingerprint density at radius 1 is 1.29 bits per heavy atom. The third-order valence-electron chi connectivity index (χ3n) is 4.26. The molecular weight excluding hydrogens is 270 g/mol. The molecule has 0 unspecified atom stereocenters. The average molecular weight is 293 g/mol. The van der Waals surface area contributed by atoms with Gasteiger partial charge < -0.3 is 10.0 Å². The minimum absolute atomic E-state index is 0.0264. The predicted octanol–water partition coefficient (Wildman–Crippen LogP) is 1.85. The maximum atomic E-state index is 12.7. The molecule has 1 amide bonds. The average Bonchev–Trinajstić information content (AvgIpc) is 2.73. The first-order chi connectivity index (χ1) is 9.93. The molecule has 0 aliphatic carbocycles. The van der Waals surface area contributed by atoms with E-state index >= 15 is 0 Å². The van der Waals surface area contributed by atoms with Gasteiger partial charge in [0.2, 0.25) is 0 Å². The number of likely N-dealkylation sites (tertiary alicyclic amines) is 1. The van der Waals surface area contributed by atoms with Crippen LogP contribution in [-0.4, -0.2) is 44.8 Å². The summed E-state index contributed by atoms with van der Waals surface area (Å²) in [6.45, 7) is 7.81. The molecule has 1 aromatic heterocycles. The lowest BCUT2D eigenvalue weighted by molar-refractivity contribution is -0.138. The van der Waals surface area contributed by atoms with Crippen molar-refractivity contribution >= 4 is 11.9 Å². The Labute approximate surface area is 124 Å². The number of aliphatic carboxylic acids is 1. The van der Waals surface area contributed by atoms with Gasteiger partial charge in [-0.25, -0.2) is 0 Å². The van der Waals surface area contributed by atoms with Crippen LogP contribution >= 0.6 is 0 Å². The first-order valence-electron chi connectivity index (χ1n) is 7.49. The number of carboxylic acid groups (broad SMARTS) is 1. The minimum atomic E-state index is -0.754. The van der Waals surface area contributed by atoms with Gasteiger partial charge in [0, 0.05) is 31.7 Å². The van der Waals surface area contributed by atoms with Gasteiger partial charge in [0.05, 0.1) is 11.3 Å². The third kappa shape index (κ3) is 3.25. The van der Waals surface area contributed by atoms with Gasteiger partial charge in [-0.15, -0.1) is 0 Å². The number of hydrogen-bond acceptors (Lipinski definition) is 3. The number of carboxylic acids is 1. The summed E-state index contributed by atoms with van der Waals surface area (Å²) in [5.74, 6) is -0.540. The number of amides is 1. The molecule has 1 aliphatic rings. The molecule has 2 heterocycles. The van der Waals surface area contributed by atoms with E-state index in [0.717, 1.165) is 30.8 Å². The van der Waals surface area contributed by atoms with E-state index in [4.69, 9.17) is 5.11 Å². The van der Waals surface area contributed by atoms with Crippen molar-refractivity contribution in [2.24, 2.45) is 5.92 Å². The number of carbonyl (C=O) groups excluding carboxylic acids is 1. The number of aryl methyl sites for hydroxylation is 2. The van der Waals surface area contributed by atoms with E-state index in [0.29, 0.717) is 18.7 Å². The van der Waals surface area contributed by atoms with Gasteiger partial charge in [-0.3, -0.25) is 14.3 Å². The molecule has 1 aromatic rings. The fourth-order valence-corrected chi connectivity index (χ4v) is 3.06. The minimum Gasteiger partial charge on any atom is -0.481 e. The Kier molecular flexibility index (Phi) is 4.65. The summed E-state index contributed by atoms with van der Waals surface area (Å²) < 4.78 is 1.85. The third-order valence-corrected chi connectivity index (χ3v) is 4.26. The number of hydrogen-bond donors (Lipinski definition) is 1. The second kappa shape index (κ2) is 6.28. The van der Waals surface area contributed by atoms with E-state index in [2.05, 4.69) is 5.10 Å². The van der Waals surface area contributed by atoms with Gasteiger partial charge in [0.25, 0.3) is 5.91 Å². The van der Waals surface area contributed by atoms with Crippen LogP contribution in [0.3, 0.4) is 0 Å². The van der Waals surface area contributed by atoms with Gasteiger partial charge in [-0.1, -0.05) is 0 Å². The Balaban J connectivity index is 2.05. The highest BCUT2D eigenvalue weighted by Crippen LogP contribution is 2.23. The first-order valence-corrected chi connectivity index (χ1v) is 7.49. The highest BCUT2D eigenvalue weighted by molar-refractivity contribution is 5.96. The normalized spacial score (nSPS) is 16.2. The maximum Gasteiger partial charge on any atom is 0.303 e. The molecule has 0 radical (unpaired) electrons. The molecule has 0 atom stereocenters. The second-order valence-corrected chi connectivity index (χ2v) is 5.70. The van der Waals surface area contributed by atoms with Crippen LogP contribution in [-0.2, 0) is 11.3 Å². The van der Waals surface area contributed by atoms with Crippen LogP contribution in [0.4, 0.5) is 0 Å². The Hall–Kier alpha value is -1.85. The summed E-state index contributed by atoms with van der Waals surface area (Å²) >= 11 is 0. The molecule has 1 N–H and O–H groups in total. The molecule has 116 valence electrons. The van der Waals surface area contributed by atoms with Crippen molar-refractivity contribution < 1.29 is 14.7 Å². The van der Waals surface area contributed by atoms with E-state index in [1.807, 2.05) is 30.4 Å². The van der Waals surface area contributed by atoms with Crippen LogP contribution in [0.1, 0.15) is 47.9 Å².